The molecule has 0 fully saturated rings. The van der Waals surface area contributed by atoms with Crippen LogP contribution in [-0.2, 0) is 25.5 Å². The van der Waals surface area contributed by atoms with E-state index >= 15 is 0 Å². The average molecular weight is 866 g/mol. The molecule has 243 valence electrons. The molecule has 5 heteroatoms. The van der Waals surface area contributed by atoms with Crippen LogP contribution in [0.5, 0.6) is 0 Å². The Bertz CT molecular complexity index is 2230. The van der Waals surface area contributed by atoms with E-state index in [1.54, 1.807) is 0 Å². The minimum absolute atomic E-state index is 0. The molecule has 0 saturated carbocycles. The van der Waals surface area contributed by atoms with Crippen LogP contribution in [0.25, 0.3) is 55.6 Å². The summed E-state index contributed by atoms with van der Waals surface area (Å²) in [6.45, 7) is 9.02. The van der Waals surface area contributed by atoms with Crippen LogP contribution < -0.4 is 4.40 Å². The first kappa shape index (κ1) is 34.1. The molecule has 1 aliphatic rings. The fraction of sp³-hybridized carbons (Fsp3) is 0.209. The summed E-state index contributed by atoms with van der Waals surface area (Å²) in [5.74, 6) is 7.59. The quantitative estimate of drug-likeness (QED) is 0.131. The van der Waals surface area contributed by atoms with Gasteiger partial charge in [-0.05, 0) is 52.1 Å². The van der Waals surface area contributed by atoms with Crippen LogP contribution in [-0.4, -0.2) is 23.2 Å². The number of pyridine rings is 2. The van der Waals surface area contributed by atoms with Gasteiger partial charge in [0.1, 0.15) is 5.58 Å². The third-order valence-electron chi connectivity index (χ3n) is 9.46. The maximum atomic E-state index is 6.48. The molecule has 0 atom stereocenters. The van der Waals surface area contributed by atoms with Crippen molar-refractivity contribution in [2.75, 3.05) is 0 Å². The van der Waals surface area contributed by atoms with Crippen molar-refractivity contribution < 1.29 is 24.5 Å². The Balaban J connectivity index is 0.000000201. The number of aromatic nitrogens is 2. The Labute approximate surface area is 300 Å². The van der Waals surface area contributed by atoms with Gasteiger partial charge in [-0.2, -0.15) is 0 Å². The molecule has 0 N–H and O–H groups in total. The van der Waals surface area contributed by atoms with Gasteiger partial charge in [0.2, 0.25) is 0 Å². The number of hydrogen-bond acceptors (Lipinski definition) is 3. The van der Waals surface area contributed by atoms with Crippen molar-refractivity contribution in [1.82, 2.24) is 9.97 Å². The molecule has 3 aromatic heterocycles. The maximum Gasteiger partial charge on any atom is 0 e. The van der Waals surface area contributed by atoms with Crippen molar-refractivity contribution in [3.05, 3.63) is 138 Å². The van der Waals surface area contributed by atoms with Crippen molar-refractivity contribution >= 4 is 39.6 Å². The Morgan fingerprint density at radius 1 is 0.729 bits per heavy atom. The molecule has 48 heavy (non-hydrogen) atoms. The molecule has 1 radical (unpaired) electrons. The molecule has 0 amide bonds. The first-order chi connectivity index (χ1) is 22.5. The van der Waals surface area contributed by atoms with E-state index in [0.29, 0.717) is 5.92 Å². The molecule has 8 rings (SSSR count). The number of hydrogen-bond donors (Lipinski definition) is 0. The number of fused-ring (bicyclic) bond motifs is 6. The molecule has 0 aliphatic heterocycles. The summed E-state index contributed by atoms with van der Waals surface area (Å²) >= 11 is -1.72. The van der Waals surface area contributed by atoms with Crippen molar-refractivity contribution in [1.29, 1.82) is 0 Å². The van der Waals surface area contributed by atoms with Crippen LogP contribution >= 0.6 is 0 Å². The Kier molecular flexibility index (Phi) is 9.39. The van der Waals surface area contributed by atoms with Gasteiger partial charge in [0.15, 0.2) is 0 Å². The standard InChI is InChI=1S/C29H24NO.C14H16GeN.Ir/c1-17(2)18-12-13-30-26(14-18)21-10-7-9-20-23-15-25-22(16-27(23)31-28(20)21)19-8-5-6-11-24(19)29(25,3)4;1-15(2,3)13-9-10-14(16-11-13)12-7-5-4-6-8-12;/h5-9,11-17H,1-4H3;4-7,9-11H,1-3H3;/q2*-1;. The zero-order chi connectivity index (χ0) is 32.9. The number of rotatable bonds is 4. The van der Waals surface area contributed by atoms with Crippen molar-refractivity contribution in [3.8, 4) is 33.6 Å². The van der Waals surface area contributed by atoms with Crippen LogP contribution in [0.15, 0.2) is 114 Å². The van der Waals surface area contributed by atoms with Gasteiger partial charge < -0.3 is 9.40 Å². The van der Waals surface area contributed by atoms with E-state index < -0.39 is 13.3 Å². The Morgan fingerprint density at radius 2 is 1.52 bits per heavy atom. The van der Waals surface area contributed by atoms with Gasteiger partial charge in [-0.15, -0.1) is 18.2 Å². The molecule has 3 nitrogen and oxygen atoms in total. The number of furan rings is 1. The zero-order valence-electron chi connectivity index (χ0n) is 28.6. The average Bonchev–Trinajstić information content (AvgIpc) is 3.56. The first-order valence-corrected chi connectivity index (χ1v) is 23.8. The second-order valence-electron chi connectivity index (χ2n) is 14.3. The van der Waals surface area contributed by atoms with E-state index in [1.807, 2.05) is 42.7 Å². The normalized spacial score (nSPS) is 13.1. The molecule has 1 aliphatic carbocycles. The van der Waals surface area contributed by atoms with Gasteiger partial charge in [0.25, 0.3) is 0 Å². The van der Waals surface area contributed by atoms with Crippen molar-refractivity contribution in [2.24, 2.45) is 0 Å². The Hall–Kier alpha value is -3.83. The Morgan fingerprint density at radius 3 is 2.23 bits per heavy atom. The van der Waals surface area contributed by atoms with Crippen LogP contribution in [0, 0.1) is 12.1 Å². The largest absolute Gasteiger partial charge is 0 e. The van der Waals surface area contributed by atoms with Crippen LogP contribution in [0.2, 0.25) is 17.3 Å². The number of nitrogens with zero attached hydrogens (tertiary/aromatic N) is 2. The van der Waals surface area contributed by atoms with Crippen molar-refractivity contribution in [3.63, 3.8) is 0 Å². The third kappa shape index (κ3) is 6.22. The van der Waals surface area contributed by atoms with Crippen LogP contribution in [0.3, 0.4) is 0 Å². The topological polar surface area (TPSA) is 38.9 Å². The van der Waals surface area contributed by atoms with E-state index in [9.17, 15) is 0 Å². The SMILES string of the molecule is CC(C)c1ccnc(-c2[c-]ccc3c2oc2cc4c(cc23)C(C)(C)c2ccccc2-4)c1.[CH3][Ge]([CH3])([CH3])[c]1ccc(-c2[c-]cccc2)nc1.[Ir]. The molecule has 0 saturated heterocycles. The van der Waals surface area contributed by atoms with E-state index in [1.165, 1.54) is 32.2 Å². The summed E-state index contributed by atoms with van der Waals surface area (Å²) in [5, 5.41) is 2.28. The van der Waals surface area contributed by atoms with Gasteiger partial charge in [0, 0.05) is 37.1 Å². The van der Waals surface area contributed by atoms with E-state index in [2.05, 4.69) is 134 Å². The van der Waals surface area contributed by atoms with Crippen LogP contribution in [0.4, 0.5) is 0 Å². The molecule has 4 aromatic carbocycles. The first-order valence-electron chi connectivity index (χ1n) is 16.4. The minimum atomic E-state index is -1.72. The van der Waals surface area contributed by atoms with E-state index in [0.717, 1.165) is 44.5 Å². The number of benzene rings is 4. The van der Waals surface area contributed by atoms with Gasteiger partial charge >= 0.3 is 99.8 Å². The smallest absolute Gasteiger partial charge is 0 e. The van der Waals surface area contributed by atoms with Gasteiger partial charge in [-0.25, -0.2) is 0 Å². The fourth-order valence-electron chi connectivity index (χ4n) is 6.62. The maximum absolute atomic E-state index is 6.48. The predicted molar refractivity (Wildman–Crippen MR) is 199 cm³/mol. The summed E-state index contributed by atoms with van der Waals surface area (Å²) in [6, 6.07) is 40.5. The molecule has 7 aromatic rings. The van der Waals surface area contributed by atoms with Gasteiger partial charge in [-0.3, -0.25) is 0 Å². The second kappa shape index (κ2) is 13.2. The fourth-order valence-corrected chi connectivity index (χ4v) is 8.79. The molecular weight excluding hydrogens is 825 g/mol. The predicted octanol–water partition coefficient (Wildman–Crippen LogP) is 11.0. The van der Waals surface area contributed by atoms with Gasteiger partial charge in [-0.1, -0.05) is 74.5 Å². The summed E-state index contributed by atoms with van der Waals surface area (Å²) in [6.07, 6.45) is 3.92. The molecule has 0 unspecified atom stereocenters. The van der Waals surface area contributed by atoms with Gasteiger partial charge in [0.05, 0.1) is 5.58 Å². The van der Waals surface area contributed by atoms with Crippen LogP contribution in [0.1, 0.15) is 50.3 Å². The zero-order valence-corrected chi connectivity index (χ0v) is 33.1. The summed E-state index contributed by atoms with van der Waals surface area (Å²) in [5.41, 5.74) is 12.3. The van der Waals surface area contributed by atoms with E-state index in [4.69, 9.17) is 4.42 Å². The molecule has 0 bridgehead atoms. The van der Waals surface area contributed by atoms with E-state index in [-0.39, 0.29) is 25.5 Å². The molecule has 3 heterocycles. The van der Waals surface area contributed by atoms with Crippen molar-refractivity contribution in [2.45, 2.75) is 56.3 Å². The monoisotopic (exact) mass is 867 g/mol. The molecular formula is C43H40GeIrN2O-2. The second-order valence-corrected chi connectivity index (χ2v) is 25.0. The summed E-state index contributed by atoms with van der Waals surface area (Å²) < 4.78 is 7.92. The minimum Gasteiger partial charge on any atom is 0 e. The summed E-state index contributed by atoms with van der Waals surface area (Å²) in [7, 11) is 0. The third-order valence-corrected chi connectivity index (χ3v) is 13.7. The molecule has 0 spiro atoms. The summed E-state index contributed by atoms with van der Waals surface area (Å²) in [4.78, 5) is 9.17.